The second-order valence-electron chi connectivity index (χ2n) is 8.61. The number of rotatable bonds is 3. The van der Waals surface area contributed by atoms with Gasteiger partial charge in [0.1, 0.15) is 17.4 Å². The fourth-order valence-electron chi connectivity index (χ4n) is 5.09. The first kappa shape index (κ1) is 20.4. The first-order valence-corrected chi connectivity index (χ1v) is 11.1. The topological polar surface area (TPSA) is 59.7 Å². The number of likely N-dealkylation sites (N-methyl/N-ethyl adjacent to an activating group) is 1. The van der Waals surface area contributed by atoms with Crippen LogP contribution in [0.1, 0.15) is 29.9 Å². The van der Waals surface area contributed by atoms with Crippen LogP contribution in [-0.4, -0.2) is 43.5 Å². The van der Waals surface area contributed by atoms with Crippen molar-refractivity contribution in [2.45, 2.75) is 25.0 Å². The molecule has 2 heterocycles. The maximum atomic E-state index is 10.8. The summed E-state index contributed by atoms with van der Waals surface area (Å²) >= 11 is 0. The number of hydrogen-bond acceptors (Lipinski definition) is 5. The van der Waals surface area contributed by atoms with Gasteiger partial charge in [0.15, 0.2) is 6.23 Å². The maximum Gasteiger partial charge on any atom is 0.165 e. The highest BCUT2D eigenvalue weighted by Gasteiger charge is 2.34. The number of ether oxygens (including phenoxy) is 1. The molecular formula is C27H27N3O2. The molecular weight excluding hydrogens is 398 g/mol. The highest BCUT2D eigenvalue weighted by molar-refractivity contribution is 5.85. The maximum absolute atomic E-state index is 10.8. The summed E-state index contributed by atoms with van der Waals surface area (Å²) in [5.74, 6) is 1.36. The van der Waals surface area contributed by atoms with Gasteiger partial charge in [-0.3, -0.25) is 0 Å². The summed E-state index contributed by atoms with van der Waals surface area (Å²) in [6, 6.07) is 23.2. The van der Waals surface area contributed by atoms with Crippen molar-refractivity contribution in [3.63, 3.8) is 0 Å². The summed E-state index contributed by atoms with van der Waals surface area (Å²) in [4.78, 5) is 4.06. The zero-order valence-corrected chi connectivity index (χ0v) is 18.5. The molecule has 3 aromatic rings. The van der Waals surface area contributed by atoms with E-state index < -0.39 is 6.23 Å². The molecule has 5 rings (SSSR count). The van der Waals surface area contributed by atoms with Crippen molar-refractivity contribution < 1.29 is 9.84 Å². The van der Waals surface area contributed by atoms with E-state index in [-0.39, 0.29) is 0 Å². The Kier molecular flexibility index (Phi) is 5.24. The van der Waals surface area contributed by atoms with Gasteiger partial charge in [-0.25, -0.2) is 0 Å². The monoisotopic (exact) mass is 425 g/mol. The summed E-state index contributed by atoms with van der Waals surface area (Å²) in [7, 11) is 3.53. The van der Waals surface area contributed by atoms with Crippen LogP contribution in [0, 0.1) is 11.3 Å². The van der Waals surface area contributed by atoms with Crippen LogP contribution in [0.15, 0.2) is 66.2 Å². The second kappa shape index (κ2) is 8.22. The van der Waals surface area contributed by atoms with Crippen LogP contribution >= 0.6 is 0 Å². The summed E-state index contributed by atoms with van der Waals surface area (Å²) in [5.41, 5.74) is 4.67. The largest absolute Gasteiger partial charge is 0.497 e. The van der Waals surface area contributed by atoms with E-state index in [1.165, 1.54) is 16.3 Å². The predicted molar refractivity (Wildman–Crippen MR) is 127 cm³/mol. The van der Waals surface area contributed by atoms with Gasteiger partial charge in [0.05, 0.1) is 12.8 Å². The zero-order chi connectivity index (χ0) is 22.2. The minimum Gasteiger partial charge on any atom is -0.497 e. The Labute approximate surface area is 188 Å². The molecule has 0 spiro atoms. The smallest absolute Gasteiger partial charge is 0.165 e. The van der Waals surface area contributed by atoms with Crippen molar-refractivity contribution in [2.75, 3.05) is 32.1 Å². The standard InChI is InChI=1S/C27H27N3O2/c1-29-25-6-4-3-5-23(25)26(24(17-28)27(29)31)30-13-11-18(12-14-30)19-7-8-21-16-22(32-2)10-9-20(21)15-19/h3-10,15-16,18,27,31H,11-14H2,1-2H3. The van der Waals surface area contributed by atoms with Crippen LogP contribution in [0.25, 0.3) is 16.5 Å². The lowest BCUT2D eigenvalue weighted by Crippen LogP contribution is -2.41. The predicted octanol–water partition coefficient (Wildman–Crippen LogP) is 4.73. The lowest BCUT2D eigenvalue weighted by Gasteiger charge is -2.41. The van der Waals surface area contributed by atoms with Crippen LogP contribution in [0.3, 0.4) is 0 Å². The van der Waals surface area contributed by atoms with Gasteiger partial charge in [0.2, 0.25) is 0 Å². The highest BCUT2D eigenvalue weighted by atomic mass is 16.5. The molecule has 1 N–H and O–H groups in total. The third-order valence-corrected chi connectivity index (χ3v) is 6.89. The van der Waals surface area contributed by atoms with E-state index in [1.807, 2.05) is 37.4 Å². The van der Waals surface area contributed by atoms with Crippen molar-refractivity contribution >= 4 is 22.2 Å². The molecule has 0 amide bonds. The summed E-state index contributed by atoms with van der Waals surface area (Å²) in [5, 5.41) is 23.0. The number of methoxy groups -OCH3 is 1. The third-order valence-electron chi connectivity index (χ3n) is 6.89. The van der Waals surface area contributed by atoms with Gasteiger partial charge in [-0.15, -0.1) is 0 Å². The molecule has 0 bridgehead atoms. The van der Waals surface area contributed by atoms with E-state index in [9.17, 15) is 10.4 Å². The molecule has 0 saturated carbocycles. The Hall–Kier alpha value is -3.49. The minimum absolute atomic E-state index is 0.435. The van der Waals surface area contributed by atoms with Gasteiger partial charge < -0.3 is 19.6 Å². The fraction of sp³-hybridized carbons (Fsp3) is 0.296. The van der Waals surface area contributed by atoms with E-state index in [2.05, 4.69) is 41.3 Å². The van der Waals surface area contributed by atoms with Gasteiger partial charge in [0, 0.05) is 31.4 Å². The molecule has 32 heavy (non-hydrogen) atoms. The van der Waals surface area contributed by atoms with Crippen molar-refractivity contribution in [1.29, 1.82) is 5.26 Å². The van der Waals surface area contributed by atoms with Gasteiger partial charge >= 0.3 is 0 Å². The number of likely N-dealkylation sites (tertiary alicyclic amines) is 1. The van der Waals surface area contributed by atoms with Crippen LogP contribution in [0.2, 0.25) is 0 Å². The molecule has 162 valence electrons. The van der Waals surface area contributed by atoms with Crippen molar-refractivity contribution in [3.8, 4) is 11.8 Å². The zero-order valence-electron chi connectivity index (χ0n) is 18.5. The van der Waals surface area contributed by atoms with Crippen LogP contribution in [0.4, 0.5) is 5.69 Å². The first-order valence-electron chi connectivity index (χ1n) is 11.1. The molecule has 0 aromatic heterocycles. The molecule has 1 fully saturated rings. The molecule has 0 radical (unpaired) electrons. The number of fused-ring (bicyclic) bond motifs is 2. The van der Waals surface area contributed by atoms with Crippen molar-refractivity contribution in [2.24, 2.45) is 0 Å². The van der Waals surface area contributed by atoms with E-state index in [4.69, 9.17) is 4.74 Å². The highest BCUT2D eigenvalue weighted by Crippen LogP contribution is 2.41. The van der Waals surface area contributed by atoms with Crippen LogP contribution in [-0.2, 0) is 0 Å². The molecule has 1 atom stereocenters. The molecule has 2 aliphatic rings. The number of aliphatic hydroxyl groups is 1. The summed E-state index contributed by atoms with van der Waals surface area (Å²) < 4.78 is 5.34. The van der Waals surface area contributed by atoms with Crippen molar-refractivity contribution in [1.82, 2.24) is 4.90 Å². The number of piperidine rings is 1. The fourth-order valence-corrected chi connectivity index (χ4v) is 5.09. The van der Waals surface area contributed by atoms with E-state index in [1.54, 1.807) is 12.0 Å². The summed E-state index contributed by atoms with van der Waals surface area (Å²) in [6.45, 7) is 1.72. The number of nitriles is 1. The quantitative estimate of drug-likeness (QED) is 0.657. The van der Waals surface area contributed by atoms with Gasteiger partial charge in [0.25, 0.3) is 0 Å². The van der Waals surface area contributed by atoms with E-state index in [0.717, 1.165) is 48.6 Å². The molecule has 1 saturated heterocycles. The van der Waals surface area contributed by atoms with Gasteiger partial charge in [-0.1, -0.05) is 42.5 Å². The molecule has 2 aliphatic heterocycles. The Morgan fingerprint density at radius 3 is 2.47 bits per heavy atom. The number of nitrogens with zero attached hydrogens (tertiary/aromatic N) is 3. The first-order chi connectivity index (χ1) is 15.6. The van der Waals surface area contributed by atoms with E-state index in [0.29, 0.717) is 11.5 Å². The van der Waals surface area contributed by atoms with Gasteiger partial charge in [-0.05, 0) is 53.3 Å². The molecule has 0 aliphatic carbocycles. The Bertz CT molecular complexity index is 1240. The number of hydrogen-bond donors (Lipinski definition) is 1. The average Bonchev–Trinajstić information content (AvgIpc) is 2.85. The number of anilines is 1. The molecule has 5 heteroatoms. The molecule has 3 aromatic carbocycles. The number of aliphatic hydroxyl groups excluding tert-OH is 1. The SMILES string of the molecule is COc1ccc2cc(C3CCN(C4=C(C#N)C(O)N(C)c5ccccc54)CC3)ccc2c1. The van der Waals surface area contributed by atoms with E-state index >= 15 is 0 Å². The Morgan fingerprint density at radius 1 is 1.00 bits per heavy atom. The summed E-state index contributed by atoms with van der Waals surface area (Å²) in [6.07, 6.45) is 1.11. The Morgan fingerprint density at radius 2 is 1.72 bits per heavy atom. The number of para-hydroxylation sites is 1. The van der Waals surface area contributed by atoms with Gasteiger partial charge in [-0.2, -0.15) is 5.26 Å². The lowest BCUT2D eigenvalue weighted by atomic mass is 9.87. The average molecular weight is 426 g/mol. The second-order valence-corrected chi connectivity index (χ2v) is 8.61. The van der Waals surface area contributed by atoms with Crippen LogP contribution in [0.5, 0.6) is 5.75 Å². The minimum atomic E-state index is -0.917. The normalized spacial score (nSPS) is 19.1. The molecule has 1 unspecified atom stereocenters. The third kappa shape index (κ3) is 3.37. The van der Waals surface area contributed by atoms with Crippen molar-refractivity contribution in [3.05, 3.63) is 77.4 Å². The number of benzene rings is 3. The molecule has 5 nitrogen and oxygen atoms in total. The Balaban J connectivity index is 1.40. The van der Waals surface area contributed by atoms with Crippen LogP contribution < -0.4 is 9.64 Å². The lowest BCUT2D eigenvalue weighted by molar-refractivity contribution is 0.209.